The molecule has 6 nitrogen and oxygen atoms in total. The number of likely N-dealkylation sites (tertiary alicyclic amines) is 1. The van der Waals surface area contributed by atoms with Crippen molar-refractivity contribution in [3.8, 4) is 6.07 Å². The molecule has 3 rings (SSSR count). The Morgan fingerprint density at radius 3 is 2.43 bits per heavy atom. The van der Waals surface area contributed by atoms with E-state index in [0.29, 0.717) is 19.4 Å². The van der Waals surface area contributed by atoms with Gasteiger partial charge in [-0.3, -0.25) is 14.5 Å². The minimum atomic E-state index is -0.811. The third kappa shape index (κ3) is 5.05. The summed E-state index contributed by atoms with van der Waals surface area (Å²) in [5.41, 5.74) is 4.27. The van der Waals surface area contributed by atoms with Gasteiger partial charge in [0, 0.05) is 25.0 Å². The Morgan fingerprint density at radius 1 is 1.11 bits per heavy atom. The molecule has 6 heteroatoms. The first-order valence-electron chi connectivity index (χ1n) is 11.1. The molecular weight excluding hydrogens is 352 g/mol. The number of amides is 2. The van der Waals surface area contributed by atoms with Crippen LogP contribution >= 0.6 is 0 Å². The molecule has 0 spiro atoms. The average Bonchev–Trinajstić information content (AvgIpc) is 3.10. The number of hydrogen-bond donors (Lipinski definition) is 2. The van der Waals surface area contributed by atoms with Crippen LogP contribution in [0.5, 0.6) is 0 Å². The van der Waals surface area contributed by atoms with Gasteiger partial charge in [0.05, 0.1) is 12.5 Å². The first-order valence-corrected chi connectivity index (χ1v) is 11.1. The Morgan fingerprint density at radius 2 is 1.79 bits per heavy atom. The second kappa shape index (κ2) is 9.26. The second-order valence-corrected chi connectivity index (χ2v) is 9.29. The quantitative estimate of drug-likeness (QED) is 0.701. The summed E-state index contributed by atoms with van der Waals surface area (Å²) in [6.45, 7) is 2.49. The van der Waals surface area contributed by atoms with Crippen LogP contribution in [0.1, 0.15) is 77.0 Å². The SMILES string of the molecule is N#CC1(NC(=O)[CH]CC2(C(N)=O)CCCCC2)CCN(CC2CCCCC2)C1. The molecule has 1 unspecified atom stereocenters. The van der Waals surface area contributed by atoms with Gasteiger partial charge in [-0.2, -0.15) is 5.26 Å². The van der Waals surface area contributed by atoms with E-state index >= 15 is 0 Å². The highest BCUT2D eigenvalue weighted by molar-refractivity contribution is 5.88. The molecule has 155 valence electrons. The smallest absolute Gasteiger partial charge is 0.225 e. The van der Waals surface area contributed by atoms with Gasteiger partial charge in [-0.15, -0.1) is 0 Å². The minimum absolute atomic E-state index is 0.243. The molecule has 2 aliphatic carbocycles. The van der Waals surface area contributed by atoms with E-state index in [2.05, 4.69) is 16.3 Å². The Bertz CT molecular complexity index is 602. The molecule has 1 radical (unpaired) electrons. The number of hydrogen-bond acceptors (Lipinski definition) is 4. The Balaban J connectivity index is 1.50. The lowest BCUT2D eigenvalue weighted by Gasteiger charge is -2.34. The summed E-state index contributed by atoms with van der Waals surface area (Å²) in [6, 6.07) is 2.36. The maximum Gasteiger partial charge on any atom is 0.225 e. The summed E-state index contributed by atoms with van der Waals surface area (Å²) >= 11 is 0. The van der Waals surface area contributed by atoms with Crippen LogP contribution in [-0.2, 0) is 9.59 Å². The number of primary amides is 1. The lowest BCUT2D eigenvalue weighted by Crippen LogP contribution is -2.50. The Labute approximate surface area is 169 Å². The monoisotopic (exact) mass is 387 g/mol. The molecule has 0 aromatic rings. The first kappa shape index (κ1) is 21.1. The van der Waals surface area contributed by atoms with Crippen molar-refractivity contribution in [1.29, 1.82) is 5.26 Å². The summed E-state index contributed by atoms with van der Waals surface area (Å²) in [7, 11) is 0. The lowest BCUT2D eigenvalue weighted by molar-refractivity contribution is -0.129. The van der Waals surface area contributed by atoms with Crippen LogP contribution in [0.3, 0.4) is 0 Å². The van der Waals surface area contributed by atoms with Gasteiger partial charge in [0.15, 0.2) is 0 Å². The largest absolute Gasteiger partial charge is 0.369 e. The third-order valence-corrected chi connectivity index (χ3v) is 7.18. The van der Waals surface area contributed by atoms with Crippen LogP contribution in [0.2, 0.25) is 0 Å². The zero-order valence-electron chi connectivity index (χ0n) is 17.0. The van der Waals surface area contributed by atoms with Crippen molar-refractivity contribution in [3.63, 3.8) is 0 Å². The molecule has 2 saturated carbocycles. The van der Waals surface area contributed by atoms with Gasteiger partial charge in [0.2, 0.25) is 11.8 Å². The van der Waals surface area contributed by atoms with E-state index in [0.717, 1.165) is 51.1 Å². The van der Waals surface area contributed by atoms with Gasteiger partial charge in [0.1, 0.15) is 5.54 Å². The number of nitriles is 1. The summed E-state index contributed by atoms with van der Waals surface area (Å²) < 4.78 is 0. The maximum absolute atomic E-state index is 12.6. The molecule has 3 fully saturated rings. The molecule has 1 saturated heterocycles. The number of carbonyl (C=O) groups is 2. The van der Waals surface area contributed by atoms with Gasteiger partial charge in [-0.25, -0.2) is 0 Å². The molecule has 3 aliphatic rings. The first-order chi connectivity index (χ1) is 13.5. The number of nitrogens with one attached hydrogen (secondary N) is 1. The van der Waals surface area contributed by atoms with E-state index in [9.17, 15) is 14.9 Å². The Kier molecular flexibility index (Phi) is 6.98. The topological polar surface area (TPSA) is 99.2 Å². The fourth-order valence-corrected chi connectivity index (χ4v) is 5.36. The van der Waals surface area contributed by atoms with Crippen LogP contribution < -0.4 is 11.1 Å². The lowest BCUT2D eigenvalue weighted by atomic mass is 9.70. The van der Waals surface area contributed by atoms with Gasteiger partial charge >= 0.3 is 0 Å². The highest BCUT2D eigenvalue weighted by atomic mass is 16.2. The minimum Gasteiger partial charge on any atom is -0.369 e. The zero-order chi connectivity index (χ0) is 20.0. The van der Waals surface area contributed by atoms with Crippen LogP contribution in [-0.4, -0.2) is 41.9 Å². The number of rotatable bonds is 7. The molecule has 2 amide bonds. The van der Waals surface area contributed by atoms with Gasteiger partial charge in [-0.05, 0) is 44.4 Å². The van der Waals surface area contributed by atoms with Crippen LogP contribution in [0.15, 0.2) is 0 Å². The fourth-order valence-electron chi connectivity index (χ4n) is 5.36. The van der Waals surface area contributed by atoms with E-state index in [4.69, 9.17) is 5.73 Å². The molecular formula is C22H35N4O2. The van der Waals surface area contributed by atoms with E-state index in [1.54, 1.807) is 6.42 Å². The second-order valence-electron chi connectivity index (χ2n) is 9.29. The van der Waals surface area contributed by atoms with E-state index < -0.39 is 11.0 Å². The number of nitrogens with zero attached hydrogens (tertiary/aromatic N) is 2. The van der Waals surface area contributed by atoms with Crippen molar-refractivity contribution in [2.24, 2.45) is 17.1 Å². The Hall–Kier alpha value is -1.61. The summed E-state index contributed by atoms with van der Waals surface area (Å²) in [5, 5.41) is 12.7. The number of carbonyl (C=O) groups excluding carboxylic acids is 2. The highest BCUT2D eigenvalue weighted by Gasteiger charge is 2.42. The van der Waals surface area contributed by atoms with Crippen molar-refractivity contribution in [2.75, 3.05) is 19.6 Å². The average molecular weight is 388 g/mol. The highest BCUT2D eigenvalue weighted by Crippen LogP contribution is 2.40. The predicted octanol–water partition coefficient (Wildman–Crippen LogP) is 2.68. The normalized spacial score (nSPS) is 28.5. The van der Waals surface area contributed by atoms with Gasteiger partial charge in [-0.1, -0.05) is 38.5 Å². The molecule has 3 N–H and O–H groups in total. The fraction of sp³-hybridized carbons (Fsp3) is 0.818. The van der Waals surface area contributed by atoms with E-state index in [1.807, 2.05) is 0 Å². The molecule has 1 heterocycles. The van der Waals surface area contributed by atoms with E-state index in [1.165, 1.54) is 32.1 Å². The number of nitrogens with two attached hydrogens (primary N) is 1. The van der Waals surface area contributed by atoms with E-state index in [-0.39, 0.29) is 11.8 Å². The van der Waals surface area contributed by atoms with Crippen molar-refractivity contribution in [1.82, 2.24) is 10.2 Å². The van der Waals surface area contributed by atoms with Gasteiger partial charge < -0.3 is 11.1 Å². The van der Waals surface area contributed by atoms with Crippen molar-refractivity contribution < 1.29 is 9.59 Å². The zero-order valence-corrected chi connectivity index (χ0v) is 17.0. The summed E-state index contributed by atoms with van der Waals surface area (Å²) in [6.07, 6.45) is 13.7. The van der Waals surface area contributed by atoms with Crippen molar-refractivity contribution in [3.05, 3.63) is 6.42 Å². The standard InChI is InChI=1S/C22H35N4O2/c23-16-22(13-14-26(17-22)15-18-7-3-1-4-8-18)25-19(27)9-12-21(20(24)28)10-5-2-6-11-21/h9,18H,1-8,10-15,17H2,(H2,24,28)(H,25,27). The molecule has 0 aromatic carbocycles. The molecule has 0 aromatic heterocycles. The van der Waals surface area contributed by atoms with Crippen molar-refractivity contribution >= 4 is 11.8 Å². The molecule has 28 heavy (non-hydrogen) atoms. The van der Waals surface area contributed by atoms with Gasteiger partial charge in [0.25, 0.3) is 0 Å². The molecule has 0 bridgehead atoms. The van der Waals surface area contributed by atoms with Crippen LogP contribution in [0, 0.1) is 29.1 Å². The predicted molar refractivity (Wildman–Crippen MR) is 108 cm³/mol. The summed E-state index contributed by atoms with van der Waals surface area (Å²) in [5.74, 6) is 0.185. The van der Waals surface area contributed by atoms with Crippen molar-refractivity contribution in [2.45, 2.75) is 82.6 Å². The maximum atomic E-state index is 12.6. The third-order valence-electron chi connectivity index (χ3n) is 7.18. The molecule has 1 atom stereocenters. The molecule has 1 aliphatic heterocycles. The summed E-state index contributed by atoms with van der Waals surface area (Å²) in [4.78, 5) is 26.9. The van der Waals surface area contributed by atoms with Crippen LogP contribution in [0.4, 0.5) is 0 Å². The van der Waals surface area contributed by atoms with Crippen LogP contribution in [0.25, 0.3) is 0 Å².